The Morgan fingerprint density at radius 2 is 2.00 bits per heavy atom. The molecule has 2 heterocycles. The van der Waals surface area contributed by atoms with Gasteiger partial charge in [0, 0.05) is 31.6 Å². The van der Waals surface area contributed by atoms with Crippen LogP contribution in [0.25, 0.3) is 0 Å². The first-order valence-corrected chi connectivity index (χ1v) is 7.69. The summed E-state index contributed by atoms with van der Waals surface area (Å²) in [5, 5.41) is 3.42. The summed E-state index contributed by atoms with van der Waals surface area (Å²) in [4.78, 5) is 6.95. The molecule has 1 aliphatic rings. The Balaban J connectivity index is 2.34. The Labute approximate surface area is 108 Å². The highest BCUT2D eigenvalue weighted by Gasteiger charge is 2.36. The van der Waals surface area contributed by atoms with Crippen molar-refractivity contribution >= 4 is 10.0 Å². The molecule has 0 aliphatic carbocycles. The maximum Gasteiger partial charge on any atom is 0.260 e. The molecule has 1 fully saturated rings. The number of H-pyrrole nitrogens is 1. The summed E-state index contributed by atoms with van der Waals surface area (Å²) in [7, 11) is -3.47. The minimum absolute atomic E-state index is 0.0490. The molecule has 2 unspecified atom stereocenters. The molecule has 1 aromatic rings. The van der Waals surface area contributed by atoms with Crippen molar-refractivity contribution in [2.75, 3.05) is 13.1 Å². The highest BCUT2D eigenvalue weighted by molar-refractivity contribution is 7.89. The predicted octanol–water partition coefficient (Wildman–Crippen LogP) is 0.343. The number of aromatic amines is 1. The molecule has 2 rings (SSSR count). The van der Waals surface area contributed by atoms with E-state index in [0.717, 1.165) is 0 Å². The number of hydrogen-bond donors (Lipinski definition) is 2. The number of nitrogens with one attached hydrogen (secondary N) is 2. The lowest BCUT2D eigenvalue weighted by Crippen LogP contribution is -2.57. The standard InChI is InChI=1S/C11H20N4O2S/c1-4-10-13-7-11(14-10)18(16,17)15-8(2)5-12-6-9(15)3/h7-9,12H,4-6H2,1-3H3,(H,13,14). The molecule has 2 N–H and O–H groups in total. The maximum absolute atomic E-state index is 12.6. The third-order valence-corrected chi connectivity index (χ3v) is 5.28. The second kappa shape index (κ2) is 4.99. The first kappa shape index (κ1) is 13.5. The molecule has 18 heavy (non-hydrogen) atoms. The number of aromatic nitrogens is 2. The van der Waals surface area contributed by atoms with Crippen LogP contribution in [0.15, 0.2) is 11.2 Å². The molecular formula is C11H20N4O2S. The van der Waals surface area contributed by atoms with E-state index in [0.29, 0.717) is 25.3 Å². The lowest BCUT2D eigenvalue weighted by atomic mass is 10.2. The molecule has 102 valence electrons. The number of hydrogen-bond acceptors (Lipinski definition) is 4. The number of nitrogens with zero attached hydrogens (tertiary/aromatic N) is 2. The van der Waals surface area contributed by atoms with E-state index in [4.69, 9.17) is 0 Å². The second-order valence-electron chi connectivity index (χ2n) is 4.74. The Bertz CT molecular complexity index is 501. The molecule has 2 atom stereocenters. The van der Waals surface area contributed by atoms with Gasteiger partial charge in [0.1, 0.15) is 5.82 Å². The van der Waals surface area contributed by atoms with Gasteiger partial charge in [-0.25, -0.2) is 13.4 Å². The molecule has 0 amide bonds. The smallest absolute Gasteiger partial charge is 0.260 e. The molecule has 0 saturated carbocycles. The number of piperazine rings is 1. The van der Waals surface area contributed by atoms with E-state index < -0.39 is 10.0 Å². The van der Waals surface area contributed by atoms with Crippen LogP contribution in [0, 0.1) is 0 Å². The van der Waals surface area contributed by atoms with E-state index in [-0.39, 0.29) is 17.1 Å². The van der Waals surface area contributed by atoms with Crippen molar-refractivity contribution in [3.8, 4) is 0 Å². The number of rotatable bonds is 3. The van der Waals surface area contributed by atoms with Crippen LogP contribution in [0.1, 0.15) is 26.6 Å². The van der Waals surface area contributed by atoms with Gasteiger partial charge in [0.25, 0.3) is 10.0 Å². The lowest BCUT2D eigenvalue weighted by molar-refractivity contribution is 0.219. The van der Waals surface area contributed by atoms with Gasteiger partial charge in [-0.1, -0.05) is 6.92 Å². The average molecular weight is 272 g/mol. The fraction of sp³-hybridized carbons (Fsp3) is 0.727. The fourth-order valence-corrected chi connectivity index (χ4v) is 4.11. The summed E-state index contributed by atoms with van der Waals surface area (Å²) in [5.74, 6) is 0.698. The van der Waals surface area contributed by atoms with Gasteiger partial charge in [-0.15, -0.1) is 0 Å². The Morgan fingerprint density at radius 3 is 2.50 bits per heavy atom. The number of imidazole rings is 1. The van der Waals surface area contributed by atoms with Gasteiger partial charge >= 0.3 is 0 Å². The highest BCUT2D eigenvalue weighted by Crippen LogP contribution is 2.21. The van der Waals surface area contributed by atoms with Gasteiger partial charge in [-0.2, -0.15) is 4.31 Å². The third kappa shape index (κ3) is 2.30. The van der Waals surface area contributed by atoms with Crippen LogP contribution >= 0.6 is 0 Å². The van der Waals surface area contributed by atoms with Crippen molar-refractivity contribution in [3.63, 3.8) is 0 Å². The van der Waals surface area contributed by atoms with E-state index in [2.05, 4.69) is 15.3 Å². The maximum atomic E-state index is 12.6. The van der Waals surface area contributed by atoms with Gasteiger partial charge in [-0.05, 0) is 13.8 Å². The Hall–Kier alpha value is -0.920. The Kier molecular flexibility index (Phi) is 3.74. The molecule has 1 aromatic heterocycles. The van der Waals surface area contributed by atoms with Crippen LogP contribution in [0.4, 0.5) is 0 Å². The zero-order valence-electron chi connectivity index (χ0n) is 11.0. The van der Waals surface area contributed by atoms with Crippen LogP contribution in [-0.4, -0.2) is 47.9 Å². The molecule has 1 saturated heterocycles. The van der Waals surface area contributed by atoms with Crippen molar-refractivity contribution in [3.05, 3.63) is 12.0 Å². The summed E-state index contributed by atoms with van der Waals surface area (Å²) in [6, 6.07) is -0.0979. The van der Waals surface area contributed by atoms with Crippen LogP contribution in [0.2, 0.25) is 0 Å². The molecule has 7 heteroatoms. The topological polar surface area (TPSA) is 78.1 Å². The molecule has 6 nitrogen and oxygen atoms in total. The first-order chi connectivity index (χ1) is 8.46. The highest BCUT2D eigenvalue weighted by atomic mass is 32.2. The molecular weight excluding hydrogens is 252 g/mol. The minimum Gasteiger partial charge on any atom is -0.332 e. The van der Waals surface area contributed by atoms with E-state index >= 15 is 0 Å². The van der Waals surface area contributed by atoms with Gasteiger partial charge in [0.05, 0.1) is 6.20 Å². The SMILES string of the molecule is CCc1ncc(S(=O)(=O)N2C(C)CNCC2C)[nH]1. The van der Waals surface area contributed by atoms with Crippen molar-refractivity contribution in [1.82, 2.24) is 19.6 Å². The first-order valence-electron chi connectivity index (χ1n) is 6.25. The molecule has 0 spiro atoms. The summed E-state index contributed by atoms with van der Waals surface area (Å²) in [6.45, 7) is 7.12. The van der Waals surface area contributed by atoms with Gasteiger partial charge in [0.15, 0.2) is 5.03 Å². The number of sulfonamides is 1. The quantitative estimate of drug-likeness (QED) is 0.832. The fourth-order valence-electron chi connectivity index (χ4n) is 2.36. The van der Waals surface area contributed by atoms with E-state index in [1.807, 2.05) is 20.8 Å². The van der Waals surface area contributed by atoms with Crippen LogP contribution in [-0.2, 0) is 16.4 Å². The molecule has 0 aromatic carbocycles. The van der Waals surface area contributed by atoms with Gasteiger partial charge < -0.3 is 10.3 Å². The predicted molar refractivity (Wildman–Crippen MR) is 68.8 cm³/mol. The van der Waals surface area contributed by atoms with Crippen molar-refractivity contribution < 1.29 is 8.42 Å². The second-order valence-corrected chi connectivity index (χ2v) is 6.55. The average Bonchev–Trinajstić information content (AvgIpc) is 2.77. The zero-order chi connectivity index (χ0) is 13.3. The van der Waals surface area contributed by atoms with Crippen LogP contribution in [0.5, 0.6) is 0 Å². The van der Waals surface area contributed by atoms with Crippen LogP contribution < -0.4 is 5.32 Å². The van der Waals surface area contributed by atoms with E-state index in [1.54, 1.807) is 4.31 Å². The van der Waals surface area contributed by atoms with Gasteiger partial charge in [-0.3, -0.25) is 0 Å². The van der Waals surface area contributed by atoms with Crippen molar-refractivity contribution in [2.45, 2.75) is 44.3 Å². The zero-order valence-corrected chi connectivity index (χ0v) is 11.8. The normalized spacial score (nSPS) is 26.4. The molecule has 0 radical (unpaired) electrons. The van der Waals surface area contributed by atoms with Crippen LogP contribution in [0.3, 0.4) is 0 Å². The number of aryl methyl sites for hydroxylation is 1. The lowest BCUT2D eigenvalue weighted by Gasteiger charge is -2.37. The molecule has 0 bridgehead atoms. The largest absolute Gasteiger partial charge is 0.332 e. The van der Waals surface area contributed by atoms with Crippen molar-refractivity contribution in [1.29, 1.82) is 0 Å². The van der Waals surface area contributed by atoms with E-state index in [1.165, 1.54) is 6.20 Å². The minimum atomic E-state index is -3.47. The third-order valence-electron chi connectivity index (χ3n) is 3.24. The summed E-state index contributed by atoms with van der Waals surface area (Å²) in [5.41, 5.74) is 0. The van der Waals surface area contributed by atoms with E-state index in [9.17, 15) is 8.42 Å². The summed E-state index contributed by atoms with van der Waals surface area (Å²) in [6.07, 6.45) is 2.11. The Morgan fingerprint density at radius 1 is 1.39 bits per heavy atom. The molecule has 1 aliphatic heterocycles. The van der Waals surface area contributed by atoms with Crippen molar-refractivity contribution in [2.24, 2.45) is 0 Å². The monoisotopic (exact) mass is 272 g/mol. The summed E-state index contributed by atoms with van der Waals surface area (Å²) >= 11 is 0. The summed E-state index contributed by atoms with van der Waals surface area (Å²) < 4.78 is 26.7. The van der Waals surface area contributed by atoms with Gasteiger partial charge in [0.2, 0.25) is 0 Å².